The van der Waals surface area contributed by atoms with Crippen LogP contribution in [0.1, 0.15) is 48.3 Å². The van der Waals surface area contributed by atoms with Crippen LogP contribution in [0.25, 0.3) is 0 Å². The van der Waals surface area contributed by atoms with Crippen molar-refractivity contribution in [3.63, 3.8) is 0 Å². The molecule has 0 amide bonds. The van der Waals surface area contributed by atoms with Gasteiger partial charge >= 0.3 is 0 Å². The van der Waals surface area contributed by atoms with E-state index in [4.69, 9.17) is 5.73 Å². The molecule has 3 heteroatoms. The molecule has 0 radical (unpaired) electrons. The Labute approximate surface area is 161 Å². The monoisotopic (exact) mass is 367 g/mol. The highest BCUT2D eigenvalue weighted by molar-refractivity contribution is 7.99. The molecule has 2 aliphatic carbocycles. The number of hydrogen-bond donors (Lipinski definition) is 2. The van der Waals surface area contributed by atoms with Crippen molar-refractivity contribution in [2.24, 2.45) is 11.7 Å². The average Bonchev–Trinajstić information content (AvgIpc) is 3.09. The summed E-state index contributed by atoms with van der Waals surface area (Å²) in [5, 5.41) is 9.52. The highest BCUT2D eigenvalue weighted by atomic mass is 32.2. The molecule has 3 N–H and O–H groups in total. The second-order valence-electron chi connectivity index (χ2n) is 8.22. The number of rotatable bonds is 5. The van der Waals surface area contributed by atoms with Gasteiger partial charge in [-0.2, -0.15) is 0 Å². The van der Waals surface area contributed by atoms with Gasteiger partial charge in [-0.1, -0.05) is 36.4 Å². The lowest BCUT2D eigenvalue weighted by Crippen LogP contribution is -2.40. The SMILES string of the molecule is N[C@@]1(CO)CC[C@H](c2ccc3c(c2)CC[C@H](CSc2ccccc2)C3)C1. The van der Waals surface area contributed by atoms with Gasteiger partial charge < -0.3 is 10.8 Å². The molecular weight excluding hydrogens is 338 g/mol. The van der Waals surface area contributed by atoms with Crippen LogP contribution in [-0.2, 0) is 12.8 Å². The first kappa shape index (κ1) is 18.1. The Hall–Kier alpha value is -1.29. The molecule has 3 atom stereocenters. The van der Waals surface area contributed by atoms with Crippen molar-refractivity contribution < 1.29 is 5.11 Å². The van der Waals surface area contributed by atoms with Gasteiger partial charge in [0.05, 0.1) is 6.61 Å². The first-order chi connectivity index (χ1) is 12.6. The molecule has 2 aliphatic rings. The Balaban J connectivity index is 1.38. The lowest BCUT2D eigenvalue weighted by atomic mass is 9.82. The summed E-state index contributed by atoms with van der Waals surface area (Å²) in [6.07, 6.45) is 6.65. The van der Waals surface area contributed by atoms with Crippen LogP contribution in [0.5, 0.6) is 0 Å². The molecule has 26 heavy (non-hydrogen) atoms. The summed E-state index contributed by atoms with van der Waals surface area (Å²) < 4.78 is 0. The van der Waals surface area contributed by atoms with Gasteiger partial charge in [-0.3, -0.25) is 0 Å². The Morgan fingerprint density at radius 2 is 1.92 bits per heavy atom. The molecule has 138 valence electrons. The van der Waals surface area contributed by atoms with E-state index < -0.39 is 0 Å². The van der Waals surface area contributed by atoms with Gasteiger partial charge in [-0.15, -0.1) is 11.8 Å². The Kier molecular flexibility index (Phi) is 5.40. The predicted octanol–water partition coefficient (Wildman–Crippen LogP) is 4.54. The molecule has 1 fully saturated rings. The smallest absolute Gasteiger partial charge is 0.0611 e. The fraction of sp³-hybridized carbons (Fsp3) is 0.478. The Morgan fingerprint density at radius 1 is 1.08 bits per heavy atom. The third-order valence-corrected chi connectivity index (χ3v) is 7.46. The van der Waals surface area contributed by atoms with Crippen LogP contribution in [-0.4, -0.2) is 23.0 Å². The highest BCUT2D eigenvalue weighted by Crippen LogP contribution is 2.41. The van der Waals surface area contributed by atoms with Gasteiger partial charge in [0, 0.05) is 16.2 Å². The van der Waals surface area contributed by atoms with Crippen LogP contribution >= 0.6 is 11.8 Å². The molecule has 4 rings (SSSR count). The van der Waals surface area contributed by atoms with Crippen LogP contribution in [0.15, 0.2) is 53.4 Å². The number of hydrogen-bond acceptors (Lipinski definition) is 3. The molecule has 0 saturated heterocycles. The predicted molar refractivity (Wildman–Crippen MR) is 110 cm³/mol. The molecule has 0 bridgehead atoms. The molecule has 0 heterocycles. The zero-order valence-corrected chi connectivity index (χ0v) is 16.2. The summed E-state index contributed by atoms with van der Waals surface area (Å²) in [5.74, 6) is 2.50. The van der Waals surface area contributed by atoms with Crippen molar-refractivity contribution in [2.45, 2.75) is 54.9 Å². The van der Waals surface area contributed by atoms with E-state index in [1.807, 2.05) is 11.8 Å². The fourth-order valence-corrected chi connectivity index (χ4v) is 5.62. The maximum Gasteiger partial charge on any atom is 0.0611 e. The standard InChI is InChI=1S/C23H29NOS/c24-23(16-25)11-10-21(14-23)20-9-8-18-12-17(6-7-19(18)13-20)15-26-22-4-2-1-3-5-22/h1-5,8-9,13,17,21,25H,6-7,10-12,14-16,24H2/t17-,21-,23-/m0/s1. The first-order valence-corrected chi connectivity index (χ1v) is 10.8. The van der Waals surface area contributed by atoms with Crippen molar-refractivity contribution in [3.05, 3.63) is 65.2 Å². The summed E-state index contributed by atoms with van der Waals surface area (Å²) in [4.78, 5) is 1.38. The second-order valence-corrected chi connectivity index (χ2v) is 9.31. The van der Waals surface area contributed by atoms with Gasteiger partial charge in [0.25, 0.3) is 0 Å². The van der Waals surface area contributed by atoms with Crippen molar-refractivity contribution in [1.29, 1.82) is 0 Å². The number of aryl methyl sites for hydroxylation is 1. The van der Waals surface area contributed by atoms with Crippen molar-refractivity contribution in [1.82, 2.24) is 0 Å². The van der Waals surface area contributed by atoms with E-state index in [9.17, 15) is 5.11 Å². The Morgan fingerprint density at radius 3 is 2.69 bits per heavy atom. The number of fused-ring (bicyclic) bond motifs is 1. The molecule has 1 saturated carbocycles. The van der Waals surface area contributed by atoms with E-state index in [2.05, 4.69) is 48.5 Å². The quantitative estimate of drug-likeness (QED) is 0.763. The van der Waals surface area contributed by atoms with Gasteiger partial charge in [0.2, 0.25) is 0 Å². The van der Waals surface area contributed by atoms with Crippen LogP contribution in [0.4, 0.5) is 0 Å². The van der Waals surface area contributed by atoms with Crippen molar-refractivity contribution in [2.75, 3.05) is 12.4 Å². The summed E-state index contributed by atoms with van der Waals surface area (Å²) in [6.45, 7) is 0.106. The number of aliphatic hydroxyl groups is 1. The zero-order chi connectivity index (χ0) is 18.0. The maximum atomic E-state index is 9.52. The number of aliphatic hydroxyl groups excluding tert-OH is 1. The van der Waals surface area contributed by atoms with Crippen LogP contribution < -0.4 is 5.73 Å². The fourth-order valence-electron chi connectivity index (χ4n) is 4.56. The second kappa shape index (κ2) is 7.75. The van der Waals surface area contributed by atoms with Gasteiger partial charge in [0.1, 0.15) is 0 Å². The number of thioether (sulfide) groups is 1. The maximum absolute atomic E-state index is 9.52. The van der Waals surface area contributed by atoms with Gasteiger partial charge in [-0.05, 0) is 79.2 Å². The molecule has 0 aromatic heterocycles. The van der Waals surface area contributed by atoms with Crippen molar-refractivity contribution >= 4 is 11.8 Å². The Bertz CT molecular complexity index is 747. The molecule has 0 aliphatic heterocycles. The molecule has 0 spiro atoms. The first-order valence-electron chi connectivity index (χ1n) is 9.84. The minimum absolute atomic E-state index is 0.106. The van der Waals surface area contributed by atoms with Crippen LogP contribution in [0, 0.1) is 5.92 Å². The lowest BCUT2D eigenvalue weighted by Gasteiger charge is -2.26. The van der Waals surface area contributed by atoms with Crippen molar-refractivity contribution in [3.8, 4) is 0 Å². The summed E-state index contributed by atoms with van der Waals surface area (Å²) in [5.41, 5.74) is 10.4. The zero-order valence-electron chi connectivity index (χ0n) is 15.4. The number of benzene rings is 2. The van der Waals surface area contributed by atoms with E-state index in [1.165, 1.54) is 41.0 Å². The summed E-state index contributed by atoms with van der Waals surface area (Å²) in [6, 6.07) is 17.9. The average molecular weight is 368 g/mol. The topological polar surface area (TPSA) is 46.2 Å². The molecule has 2 aromatic rings. The summed E-state index contributed by atoms with van der Waals surface area (Å²) in [7, 11) is 0. The van der Waals surface area contributed by atoms with E-state index in [1.54, 1.807) is 5.56 Å². The summed E-state index contributed by atoms with van der Waals surface area (Å²) >= 11 is 1.99. The minimum Gasteiger partial charge on any atom is -0.394 e. The van der Waals surface area contributed by atoms with E-state index >= 15 is 0 Å². The van der Waals surface area contributed by atoms with E-state index in [-0.39, 0.29) is 12.1 Å². The minimum atomic E-state index is -0.361. The highest BCUT2D eigenvalue weighted by Gasteiger charge is 2.36. The molecule has 2 aromatic carbocycles. The van der Waals surface area contributed by atoms with Crippen LogP contribution in [0.2, 0.25) is 0 Å². The normalized spacial score (nSPS) is 28.1. The molecule has 0 unspecified atom stereocenters. The largest absolute Gasteiger partial charge is 0.394 e. The van der Waals surface area contributed by atoms with E-state index in [0.29, 0.717) is 5.92 Å². The van der Waals surface area contributed by atoms with Crippen LogP contribution in [0.3, 0.4) is 0 Å². The third kappa shape index (κ3) is 4.00. The van der Waals surface area contributed by atoms with E-state index in [0.717, 1.165) is 25.2 Å². The van der Waals surface area contributed by atoms with Gasteiger partial charge in [0.15, 0.2) is 0 Å². The van der Waals surface area contributed by atoms with Gasteiger partial charge in [-0.25, -0.2) is 0 Å². The third-order valence-electron chi connectivity index (χ3n) is 6.22. The molecule has 2 nitrogen and oxygen atoms in total. The lowest BCUT2D eigenvalue weighted by molar-refractivity contribution is 0.198. The number of nitrogens with two attached hydrogens (primary N) is 1. The molecular formula is C23H29NOS.